The number of aliphatic imine (C=N–C) groups is 1. The minimum atomic E-state index is -1.26. The van der Waals surface area contributed by atoms with E-state index in [0.717, 1.165) is 82.4 Å². The second kappa shape index (κ2) is 13.5. The van der Waals surface area contributed by atoms with Crippen molar-refractivity contribution in [1.29, 1.82) is 0 Å². The van der Waals surface area contributed by atoms with Gasteiger partial charge in [-0.05, 0) is 141 Å². The van der Waals surface area contributed by atoms with Crippen LogP contribution in [0.25, 0.3) is 0 Å². The predicted octanol–water partition coefficient (Wildman–Crippen LogP) is 9.07. The molecule has 5 heterocycles. The summed E-state index contributed by atoms with van der Waals surface area (Å²) < 4.78 is 11.8. The zero-order valence-corrected chi connectivity index (χ0v) is 38.7. The number of rotatable bonds is 6. The standard InChI is InChI=1S/C54H70N2O6/c1-31-22-32(24-35(23-31)33-13-20-61-21-14-33)25-36-29-56-30-37-42-43(50(6,26-39(58)46-49(4,5)62-46)17-10-34-28-55-44(36)45(34)56)38(57)27-53(42)15-9-16-54(37,60)47-51(7)18-12-41(59)48(2,3)40(51)11-19-52(47,53)8/h9,16,22-24,28,33,37,39-40,46-47,58,60H,10-15,17-21,25-27,29-30H2,1-8H3. The summed E-state index contributed by atoms with van der Waals surface area (Å²) in [6.07, 6.45) is 14.5. The Labute approximate surface area is 369 Å². The van der Waals surface area contributed by atoms with E-state index < -0.39 is 33.6 Å². The number of aliphatic hydroxyl groups is 2. The summed E-state index contributed by atoms with van der Waals surface area (Å²) in [4.78, 5) is 37.0. The van der Waals surface area contributed by atoms with Crippen LogP contribution in [-0.2, 0) is 25.5 Å². The van der Waals surface area contributed by atoms with Gasteiger partial charge in [0.05, 0.1) is 28.7 Å². The molecule has 2 bridgehead atoms. The summed E-state index contributed by atoms with van der Waals surface area (Å²) in [7, 11) is 0. The average molecular weight is 843 g/mol. The summed E-state index contributed by atoms with van der Waals surface area (Å²) >= 11 is 0. The molecule has 5 aliphatic heterocycles. The number of ether oxygens (including phenoxy) is 2. The number of benzene rings is 1. The van der Waals surface area contributed by atoms with Crippen molar-refractivity contribution in [3.8, 4) is 0 Å². The van der Waals surface area contributed by atoms with Gasteiger partial charge in [0.2, 0.25) is 0 Å². The molecule has 5 fully saturated rings. The van der Waals surface area contributed by atoms with Gasteiger partial charge >= 0.3 is 0 Å². The second-order valence-electron chi connectivity index (χ2n) is 23.9. The Morgan fingerprint density at radius 3 is 2.47 bits per heavy atom. The van der Waals surface area contributed by atoms with E-state index in [4.69, 9.17) is 14.5 Å². The first-order valence-corrected chi connectivity index (χ1v) is 24.3. The van der Waals surface area contributed by atoms with Gasteiger partial charge in [0.25, 0.3) is 0 Å². The molecule has 10 unspecified atom stereocenters. The molecule has 6 aliphatic carbocycles. The molecule has 0 amide bonds. The van der Waals surface area contributed by atoms with Crippen LogP contribution in [0, 0.1) is 51.8 Å². The van der Waals surface area contributed by atoms with E-state index in [0.29, 0.717) is 43.9 Å². The van der Waals surface area contributed by atoms with Gasteiger partial charge in [-0.15, -0.1) is 0 Å². The zero-order valence-electron chi connectivity index (χ0n) is 38.7. The van der Waals surface area contributed by atoms with Crippen molar-refractivity contribution >= 4 is 17.8 Å². The molecule has 1 aromatic carbocycles. The Morgan fingerprint density at radius 1 is 0.968 bits per heavy atom. The lowest BCUT2D eigenvalue weighted by Gasteiger charge is -2.72. The van der Waals surface area contributed by atoms with E-state index in [2.05, 4.69) is 83.0 Å². The molecule has 10 atom stereocenters. The number of epoxide rings is 1. The van der Waals surface area contributed by atoms with Gasteiger partial charge in [0, 0.05) is 73.6 Å². The molecule has 12 rings (SSSR count). The van der Waals surface area contributed by atoms with Crippen molar-refractivity contribution in [3.05, 3.63) is 80.7 Å². The van der Waals surface area contributed by atoms with Crippen LogP contribution in [0.1, 0.15) is 142 Å². The minimum Gasteiger partial charge on any atom is -0.390 e. The highest BCUT2D eigenvalue weighted by Crippen LogP contribution is 2.79. The lowest BCUT2D eigenvalue weighted by atomic mass is 9.32. The van der Waals surface area contributed by atoms with Crippen molar-refractivity contribution in [2.75, 3.05) is 26.3 Å². The largest absolute Gasteiger partial charge is 0.390 e. The fraction of sp³-hybridized carbons (Fsp3) is 0.685. The highest BCUT2D eigenvalue weighted by atomic mass is 16.6. The van der Waals surface area contributed by atoms with Crippen LogP contribution in [0.3, 0.4) is 0 Å². The van der Waals surface area contributed by atoms with Gasteiger partial charge in [-0.25, -0.2) is 0 Å². The molecule has 2 N–H and O–H groups in total. The van der Waals surface area contributed by atoms with E-state index in [-0.39, 0.29) is 40.5 Å². The average Bonchev–Trinajstić information content (AvgIpc) is 3.43. The number of aliphatic hydroxyl groups excluding tert-OH is 1. The molecule has 8 heteroatoms. The molecule has 1 spiro atoms. The third-order valence-electron chi connectivity index (χ3n) is 19.6. The highest BCUT2D eigenvalue weighted by molar-refractivity contribution is 6.02. The van der Waals surface area contributed by atoms with E-state index in [9.17, 15) is 15.0 Å². The predicted molar refractivity (Wildman–Crippen MR) is 240 cm³/mol. The Balaban J connectivity index is 1.06. The molecular weight excluding hydrogens is 773 g/mol. The van der Waals surface area contributed by atoms with Crippen LogP contribution in [0.2, 0.25) is 0 Å². The van der Waals surface area contributed by atoms with E-state index in [1.165, 1.54) is 39.1 Å². The summed E-state index contributed by atoms with van der Waals surface area (Å²) in [5, 5.41) is 26.3. The summed E-state index contributed by atoms with van der Waals surface area (Å²) in [5.41, 5.74) is 6.93. The van der Waals surface area contributed by atoms with Crippen LogP contribution >= 0.6 is 0 Å². The summed E-state index contributed by atoms with van der Waals surface area (Å²) in [6, 6.07) is 7.14. The number of hydrogen-bond acceptors (Lipinski definition) is 8. The Hall–Kier alpha value is -3.17. The van der Waals surface area contributed by atoms with Crippen molar-refractivity contribution in [2.45, 2.75) is 162 Å². The smallest absolute Gasteiger partial charge is 0.160 e. The first kappa shape index (κ1) is 41.5. The number of nitrogens with zero attached hydrogens (tertiary/aromatic N) is 2. The number of aryl methyl sites for hydroxylation is 1. The number of fused-ring (bicyclic) bond motifs is 2. The SMILES string of the molecule is Cc1cc(CC2=C3N=CC4=C3N(C2)CC2C3=C(C(=O)CC35CC=CC2(O)C2C3(C)CCC(=O)C(C)(C)C3CCC25C)C(C)(CC(O)C2OC2(C)C)CC4)cc(C2CCOCC2)c1. The van der Waals surface area contributed by atoms with Gasteiger partial charge in [-0.2, -0.15) is 0 Å². The van der Waals surface area contributed by atoms with Crippen LogP contribution in [-0.4, -0.2) is 82.6 Å². The molecule has 3 saturated carbocycles. The quantitative estimate of drug-likeness (QED) is 0.217. The first-order valence-electron chi connectivity index (χ1n) is 24.3. The van der Waals surface area contributed by atoms with Crippen LogP contribution in [0.5, 0.6) is 0 Å². The normalized spacial score (nSPS) is 41.9. The molecule has 8 nitrogen and oxygen atoms in total. The maximum Gasteiger partial charge on any atom is 0.160 e. The van der Waals surface area contributed by atoms with Crippen LogP contribution in [0.4, 0.5) is 0 Å². The van der Waals surface area contributed by atoms with Gasteiger partial charge in [-0.3, -0.25) is 14.6 Å². The van der Waals surface area contributed by atoms with Crippen molar-refractivity contribution in [2.24, 2.45) is 49.8 Å². The number of carbonyl (C=O) groups is 2. The number of carbonyl (C=O) groups excluding carboxylic acids is 2. The maximum absolute atomic E-state index is 15.5. The summed E-state index contributed by atoms with van der Waals surface area (Å²) in [6.45, 7) is 20.7. The number of ketones is 2. The molecule has 332 valence electrons. The molecule has 1 aromatic rings. The van der Waals surface area contributed by atoms with Gasteiger partial charge in [-0.1, -0.05) is 70.5 Å². The number of allylic oxidation sites excluding steroid dienone is 3. The highest BCUT2D eigenvalue weighted by Gasteiger charge is 2.77. The lowest BCUT2D eigenvalue weighted by molar-refractivity contribution is -0.243. The van der Waals surface area contributed by atoms with Gasteiger partial charge < -0.3 is 24.6 Å². The third kappa shape index (κ3) is 5.60. The first-order chi connectivity index (χ1) is 29.3. The Kier molecular flexibility index (Phi) is 9.01. The Morgan fingerprint density at radius 2 is 1.73 bits per heavy atom. The van der Waals surface area contributed by atoms with Gasteiger partial charge in [0.1, 0.15) is 11.9 Å². The monoisotopic (exact) mass is 843 g/mol. The second-order valence-corrected chi connectivity index (χ2v) is 23.9. The fourth-order valence-electron chi connectivity index (χ4n) is 16.8. The summed E-state index contributed by atoms with van der Waals surface area (Å²) in [5.74, 6) is 0.703. The van der Waals surface area contributed by atoms with Gasteiger partial charge in [0.15, 0.2) is 5.78 Å². The van der Waals surface area contributed by atoms with Crippen LogP contribution < -0.4 is 0 Å². The minimum absolute atomic E-state index is 0.137. The molecule has 11 aliphatic rings. The lowest BCUT2D eigenvalue weighted by Crippen LogP contribution is -2.72. The van der Waals surface area contributed by atoms with Crippen LogP contribution in [0.15, 0.2) is 69.0 Å². The molecule has 0 radical (unpaired) electrons. The molecule has 2 saturated heterocycles. The van der Waals surface area contributed by atoms with E-state index in [1.54, 1.807) is 0 Å². The Bertz CT molecular complexity index is 2330. The number of hydrogen-bond donors (Lipinski definition) is 2. The maximum atomic E-state index is 15.5. The number of Topliss-reactive ketones (excluding diaryl/α,β-unsaturated/α-hetero) is 2. The third-order valence-corrected chi connectivity index (χ3v) is 19.6. The topological polar surface area (TPSA) is 112 Å². The van der Waals surface area contributed by atoms with Crippen molar-refractivity contribution < 1.29 is 29.3 Å². The van der Waals surface area contributed by atoms with Crippen molar-refractivity contribution in [3.63, 3.8) is 0 Å². The molecule has 0 aromatic heterocycles. The van der Waals surface area contributed by atoms with E-state index in [1.807, 2.05) is 13.8 Å². The molecule has 62 heavy (non-hydrogen) atoms. The molecular formula is C54H70N2O6. The van der Waals surface area contributed by atoms with Crippen molar-refractivity contribution in [1.82, 2.24) is 4.90 Å². The van der Waals surface area contributed by atoms with E-state index >= 15 is 4.79 Å². The zero-order chi connectivity index (χ0) is 43.6. The fourth-order valence-corrected chi connectivity index (χ4v) is 16.8.